The third-order valence-electron chi connectivity index (χ3n) is 10.3. The first-order valence-corrected chi connectivity index (χ1v) is 18.4. The molecule has 3 atom stereocenters. The highest BCUT2D eigenvalue weighted by molar-refractivity contribution is 6.32. The number of rotatable bonds is 15. The maximum atomic E-state index is 11.6. The molecule has 7 nitrogen and oxygen atoms in total. The second-order valence-electron chi connectivity index (χ2n) is 13.9. The standard InChI is InChI=1S/C40H52ClN3O4/c1-5-46-38-23-39(34(41)22-28(38)24-42-25-29-15-18-40(45)43-29)48-37-17-16-32-31(11-6-12-33(32)37)30-10-7-14-36(27(30)4)47-21-9-20-44-19-8-13-35(44)26(2)3/h6-7,10-12,14,22-23,26,29,35,37,42H,5,8-9,13,15-21,24-25H2,1-4H3,(H,43,45)/t29-,35+,37-/m0/s1. The number of halogens is 1. The molecule has 2 N–H and O–H groups in total. The third kappa shape index (κ3) is 7.96. The summed E-state index contributed by atoms with van der Waals surface area (Å²) < 4.78 is 19.0. The van der Waals surface area contributed by atoms with Crippen LogP contribution in [0.1, 0.15) is 87.7 Å². The Morgan fingerprint density at radius 3 is 2.62 bits per heavy atom. The van der Waals surface area contributed by atoms with E-state index in [1.807, 2.05) is 19.1 Å². The van der Waals surface area contributed by atoms with Crippen molar-refractivity contribution in [1.29, 1.82) is 0 Å². The zero-order valence-electron chi connectivity index (χ0n) is 29.1. The van der Waals surface area contributed by atoms with Crippen LogP contribution in [0.2, 0.25) is 5.02 Å². The van der Waals surface area contributed by atoms with Crippen LogP contribution in [0, 0.1) is 12.8 Å². The average Bonchev–Trinajstić information content (AvgIpc) is 3.82. The Labute approximate surface area is 291 Å². The van der Waals surface area contributed by atoms with Crippen molar-refractivity contribution in [1.82, 2.24) is 15.5 Å². The first kappa shape index (κ1) is 34.6. The number of nitrogens with zero attached hydrogens (tertiary/aromatic N) is 1. The Morgan fingerprint density at radius 2 is 1.83 bits per heavy atom. The summed E-state index contributed by atoms with van der Waals surface area (Å²) in [5, 5.41) is 7.03. The molecule has 1 amide bonds. The van der Waals surface area contributed by atoms with Crippen LogP contribution in [-0.4, -0.2) is 55.7 Å². The summed E-state index contributed by atoms with van der Waals surface area (Å²) in [6.07, 6.45) is 6.85. The number of nitrogens with one attached hydrogen (secondary N) is 2. The van der Waals surface area contributed by atoms with Gasteiger partial charge in [-0.05, 0) is 105 Å². The first-order valence-electron chi connectivity index (χ1n) is 18.0. The van der Waals surface area contributed by atoms with E-state index in [0.29, 0.717) is 48.8 Å². The highest BCUT2D eigenvalue weighted by atomic mass is 35.5. The van der Waals surface area contributed by atoms with Crippen LogP contribution in [0.5, 0.6) is 17.2 Å². The minimum absolute atomic E-state index is 0.0955. The van der Waals surface area contributed by atoms with Gasteiger partial charge in [-0.25, -0.2) is 0 Å². The molecule has 0 aromatic heterocycles. The number of benzene rings is 3. The summed E-state index contributed by atoms with van der Waals surface area (Å²) in [4.78, 5) is 14.2. The summed E-state index contributed by atoms with van der Waals surface area (Å²) in [6, 6.07) is 17.7. The van der Waals surface area contributed by atoms with Gasteiger partial charge in [-0.1, -0.05) is 55.8 Å². The molecule has 2 fully saturated rings. The van der Waals surface area contributed by atoms with Gasteiger partial charge < -0.3 is 29.7 Å². The molecule has 2 heterocycles. The van der Waals surface area contributed by atoms with Gasteiger partial charge in [-0.2, -0.15) is 0 Å². The number of hydrogen-bond donors (Lipinski definition) is 2. The SMILES string of the molecule is CCOc1cc(O[C@H]2CCc3c(-c4cccc(OCCCN5CCC[C@@H]5C(C)C)c4C)cccc32)c(Cl)cc1CNC[C@@H]1CCC(=O)N1. The lowest BCUT2D eigenvalue weighted by Gasteiger charge is -2.27. The molecule has 0 radical (unpaired) electrons. The molecular formula is C40H52ClN3O4. The number of carbonyl (C=O) groups is 1. The molecule has 2 aliphatic heterocycles. The molecule has 0 unspecified atom stereocenters. The lowest BCUT2D eigenvalue weighted by Crippen LogP contribution is -2.35. The highest BCUT2D eigenvalue weighted by Crippen LogP contribution is 2.44. The van der Waals surface area contributed by atoms with Crippen molar-refractivity contribution in [2.24, 2.45) is 5.92 Å². The fourth-order valence-electron chi connectivity index (χ4n) is 7.85. The van der Waals surface area contributed by atoms with Gasteiger partial charge in [0.25, 0.3) is 0 Å². The number of carbonyl (C=O) groups excluding carboxylic acids is 1. The van der Waals surface area contributed by atoms with Crippen molar-refractivity contribution in [3.05, 3.63) is 75.8 Å². The van der Waals surface area contributed by atoms with Crippen LogP contribution in [0.15, 0.2) is 48.5 Å². The van der Waals surface area contributed by atoms with Crippen molar-refractivity contribution in [3.63, 3.8) is 0 Å². The minimum Gasteiger partial charge on any atom is -0.493 e. The van der Waals surface area contributed by atoms with Crippen molar-refractivity contribution >= 4 is 17.5 Å². The molecule has 1 aliphatic carbocycles. The predicted molar refractivity (Wildman–Crippen MR) is 193 cm³/mol. The maximum Gasteiger partial charge on any atom is 0.220 e. The van der Waals surface area contributed by atoms with Gasteiger partial charge in [0.2, 0.25) is 5.91 Å². The summed E-state index contributed by atoms with van der Waals surface area (Å²) in [6.45, 7) is 13.7. The average molecular weight is 674 g/mol. The Bertz CT molecular complexity index is 1580. The van der Waals surface area contributed by atoms with E-state index in [1.54, 1.807) is 0 Å². The van der Waals surface area contributed by atoms with Gasteiger partial charge in [0.05, 0.1) is 18.2 Å². The van der Waals surface area contributed by atoms with E-state index in [0.717, 1.165) is 55.9 Å². The molecule has 2 saturated heterocycles. The summed E-state index contributed by atoms with van der Waals surface area (Å²) >= 11 is 6.83. The molecule has 6 rings (SSSR count). The zero-order chi connectivity index (χ0) is 33.6. The van der Waals surface area contributed by atoms with Gasteiger partial charge in [0.15, 0.2) is 0 Å². The first-order chi connectivity index (χ1) is 23.3. The van der Waals surface area contributed by atoms with Crippen molar-refractivity contribution in [2.45, 2.75) is 97.4 Å². The maximum absolute atomic E-state index is 11.6. The van der Waals surface area contributed by atoms with E-state index in [1.165, 1.54) is 47.2 Å². The van der Waals surface area contributed by atoms with Crippen molar-refractivity contribution in [2.75, 3.05) is 32.8 Å². The number of fused-ring (bicyclic) bond motifs is 1. The van der Waals surface area contributed by atoms with Gasteiger partial charge in [0.1, 0.15) is 23.4 Å². The van der Waals surface area contributed by atoms with E-state index < -0.39 is 0 Å². The smallest absolute Gasteiger partial charge is 0.220 e. The van der Waals surface area contributed by atoms with Crippen LogP contribution in [0.25, 0.3) is 11.1 Å². The largest absolute Gasteiger partial charge is 0.493 e. The van der Waals surface area contributed by atoms with Crippen LogP contribution in [0.3, 0.4) is 0 Å². The second-order valence-corrected chi connectivity index (χ2v) is 14.3. The number of likely N-dealkylation sites (tertiary alicyclic amines) is 1. The number of hydrogen-bond acceptors (Lipinski definition) is 6. The van der Waals surface area contributed by atoms with Crippen LogP contribution in [-0.2, 0) is 17.8 Å². The normalized spacial score (nSPS) is 20.7. The Balaban J connectivity index is 1.12. The minimum atomic E-state index is -0.0955. The Kier molecular flexibility index (Phi) is 11.5. The lowest BCUT2D eigenvalue weighted by molar-refractivity contribution is -0.119. The quantitative estimate of drug-likeness (QED) is 0.159. The molecule has 48 heavy (non-hydrogen) atoms. The summed E-state index contributed by atoms with van der Waals surface area (Å²) in [7, 11) is 0. The van der Waals surface area contributed by atoms with E-state index in [9.17, 15) is 4.79 Å². The number of ether oxygens (including phenoxy) is 3. The predicted octanol–water partition coefficient (Wildman–Crippen LogP) is 8.04. The highest BCUT2D eigenvalue weighted by Gasteiger charge is 2.29. The van der Waals surface area contributed by atoms with Gasteiger partial charge in [-0.3, -0.25) is 4.79 Å². The van der Waals surface area contributed by atoms with Crippen molar-refractivity contribution in [3.8, 4) is 28.4 Å². The molecule has 258 valence electrons. The molecule has 3 aromatic carbocycles. The molecule has 0 spiro atoms. The molecule has 3 aromatic rings. The van der Waals surface area contributed by atoms with E-state index >= 15 is 0 Å². The fourth-order valence-corrected chi connectivity index (χ4v) is 8.08. The Morgan fingerprint density at radius 1 is 1.00 bits per heavy atom. The van der Waals surface area contributed by atoms with Crippen LogP contribution in [0.4, 0.5) is 0 Å². The summed E-state index contributed by atoms with van der Waals surface area (Å²) in [5.41, 5.74) is 7.16. The molecular weight excluding hydrogens is 622 g/mol. The molecule has 0 bridgehead atoms. The van der Waals surface area contributed by atoms with E-state index in [-0.39, 0.29) is 18.1 Å². The van der Waals surface area contributed by atoms with Crippen molar-refractivity contribution < 1.29 is 19.0 Å². The van der Waals surface area contributed by atoms with Crippen LogP contribution >= 0.6 is 11.6 Å². The zero-order valence-corrected chi connectivity index (χ0v) is 29.8. The molecule has 8 heteroatoms. The topological polar surface area (TPSA) is 72.1 Å². The second kappa shape index (κ2) is 16.0. The molecule has 0 saturated carbocycles. The monoisotopic (exact) mass is 673 g/mol. The van der Waals surface area contributed by atoms with E-state index in [4.69, 9.17) is 25.8 Å². The lowest BCUT2D eigenvalue weighted by atomic mass is 9.93. The van der Waals surface area contributed by atoms with Gasteiger partial charge >= 0.3 is 0 Å². The van der Waals surface area contributed by atoms with Gasteiger partial charge in [-0.15, -0.1) is 0 Å². The van der Waals surface area contributed by atoms with Gasteiger partial charge in [0, 0.05) is 49.8 Å². The molecule has 3 aliphatic rings. The fraction of sp³-hybridized carbons (Fsp3) is 0.525. The third-order valence-corrected chi connectivity index (χ3v) is 10.6. The Hall–Kier alpha value is -3.26. The summed E-state index contributed by atoms with van der Waals surface area (Å²) in [5.74, 6) is 3.20. The number of amides is 1. The van der Waals surface area contributed by atoms with Crippen LogP contribution < -0.4 is 24.8 Å². The van der Waals surface area contributed by atoms with E-state index in [2.05, 4.69) is 72.7 Å².